The van der Waals surface area contributed by atoms with Crippen LogP contribution in [-0.2, 0) is 24.8 Å². The van der Waals surface area contributed by atoms with E-state index in [1.165, 1.54) is 47.2 Å². The predicted octanol–water partition coefficient (Wildman–Crippen LogP) is 2.12. The van der Waals surface area contributed by atoms with E-state index in [4.69, 9.17) is 26.3 Å². The van der Waals surface area contributed by atoms with E-state index in [2.05, 4.69) is 5.32 Å². The Labute approximate surface area is 169 Å². The fourth-order valence-electron chi connectivity index (χ4n) is 3.18. The van der Waals surface area contributed by atoms with Crippen molar-refractivity contribution in [2.75, 3.05) is 16.8 Å². The number of hydrogen-bond donors (Lipinski definition) is 3. The van der Waals surface area contributed by atoms with Crippen molar-refractivity contribution >= 4 is 40.7 Å². The number of carbonyl (C=O) groups excluding carboxylic acids is 3. The monoisotopic (exact) mass is 415 g/mol. The van der Waals surface area contributed by atoms with E-state index in [1.54, 1.807) is 18.2 Å². The van der Waals surface area contributed by atoms with Crippen LogP contribution in [0.5, 0.6) is 0 Å². The molecule has 0 atom stereocenters. The third kappa shape index (κ3) is 3.16. The molecule has 3 amide bonds. The molecule has 0 saturated heterocycles. The lowest BCUT2D eigenvalue weighted by molar-refractivity contribution is -0.173. The molecule has 0 saturated carbocycles. The lowest BCUT2D eigenvalue weighted by Crippen LogP contribution is -2.44. The molecule has 148 valence electrons. The summed E-state index contributed by atoms with van der Waals surface area (Å²) in [5.74, 6) is -3.37. The second-order valence-electron chi connectivity index (χ2n) is 6.24. The number of nitrogens with one attached hydrogen (secondary N) is 2. The van der Waals surface area contributed by atoms with Crippen LogP contribution < -0.4 is 15.7 Å². The van der Waals surface area contributed by atoms with Crippen LogP contribution in [0.2, 0.25) is 5.02 Å². The molecule has 0 bridgehead atoms. The van der Waals surface area contributed by atoms with Gasteiger partial charge in [-0.3, -0.25) is 24.5 Å². The molecule has 4 rings (SSSR count). The summed E-state index contributed by atoms with van der Waals surface area (Å²) in [6, 6.07) is 10.6. The first-order valence-electron chi connectivity index (χ1n) is 8.41. The summed E-state index contributed by atoms with van der Waals surface area (Å²) < 4.78 is 10.9. The highest BCUT2D eigenvalue weighted by molar-refractivity contribution is 6.31. The van der Waals surface area contributed by atoms with Gasteiger partial charge in [0.05, 0.1) is 11.3 Å². The van der Waals surface area contributed by atoms with Crippen molar-refractivity contribution in [2.45, 2.75) is 5.79 Å². The molecule has 0 unspecified atom stereocenters. The topological polar surface area (TPSA) is 117 Å². The van der Waals surface area contributed by atoms with Gasteiger partial charge in [-0.1, -0.05) is 11.6 Å². The van der Waals surface area contributed by atoms with Gasteiger partial charge in [-0.2, -0.15) is 0 Å². The van der Waals surface area contributed by atoms with Crippen LogP contribution in [0.25, 0.3) is 0 Å². The second kappa shape index (κ2) is 7.12. The van der Waals surface area contributed by atoms with Gasteiger partial charge in [0.15, 0.2) is 0 Å². The van der Waals surface area contributed by atoms with E-state index in [0.717, 1.165) is 0 Å². The number of carbonyl (C=O) groups is 3. The molecule has 10 heteroatoms. The maximum absolute atomic E-state index is 13.0. The average molecular weight is 416 g/mol. The summed E-state index contributed by atoms with van der Waals surface area (Å²) in [6.07, 6.45) is 2.52. The summed E-state index contributed by atoms with van der Waals surface area (Å²) in [4.78, 5) is 38.1. The van der Waals surface area contributed by atoms with Crippen LogP contribution in [0, 0.1) is 0 Å². The van der Waals surface area contributed by atoms with Gasteiger partial charge >= 0.3 is 11.7 Å². The lowest BCUT2D eigenvalue weighted by atomic mass is 10.1. The van der Waals surface area contributed by atoms with Crippen molar-refractivity contribution in [2.24, 2.45) is 0 Å². The molecular formula is C19H14ClN3O6. The first-order valence-corrected chi connectivity index (χ1v) is 8.79. The van der Waals surface area contributed by atoms with Gasteiger partial charge in [0, 0.05) is 16.3 Å². The highest BCUT2D eigenvalue weighted by Crippen LogP contribution is 2.46. The largest absolute Gasteiger partial charge is 0.445 e. The van der Waals surface area contributed by atoms with E-state index >= 15 is 0 Å². The minimum Gasteiger partial charge on any atom is -0.445 e. The molecule has 2 aromatic rings. The number of rotatable bonds is 4. The van der Waals surface area contributed by atoms with Crippen LogP contribution in [0.1, 0.15) is 15.9 Å². The molecule has 0 aliphatic carbocycles. The van der Waals surface area contributed by atoms with Crippen molar-refractivity contribution in [3.8, 4) is 0 Å². The standard InChI is InChI=1S/C19H14ClN3O6/c20-12-3-6-15-14(9-12)19(28-7-8-29-19)18(26)23(15)10-16(24)21-13-4-1-11(2-5-13)17(25)22-27/h1-9,27H,10H2,(H,21,24)(H,22,25). The van der Waals surface area contributed by atoms with E-state index in [0.29, 0.717) is 22.0 Å². The Bertz CT molecular complexity index is 1030. The van der Waals surface area contributed by atoms with Crippen LogP contribution in [-0.4, -0.2) is 29.5 Å². The van der Waals surface area contributed by atoms with Crippen molar-refractivity contribution in [1.29, 1.82) is 0 Å². The van der Waals surface area contributed by atoms with Gasteiger partial charge in [-0.05, 0) is 42.5 Å². The summed E-state index contributed by atoms with van der Waals surface area (Å²) >= 11 is 6.05. The summed E-state index contributed by atoms with van der Waals surface area (Å²) in [5.41, 5.74) is 3.02. The Balaban J connectivity index is 1.53. The Kier molecular flexibility index (Phi) is 4.61. The van der Waals surface area contributed by atoms with E-state index < -0.39 is 23.5 Å². The third-order valence-electron chi connectivity index (χ3n) is 4.49. The molecule has 29 heavy (non-hydrogen) atoms. The number of amides is 3. The van der Waals surface area contributed by atoms with Gasteiger partial charge in [0.1, 0.15) is 19.1 Å². The van der Waals surface area contributed by atoms with Crippen molar-refractivity contribution < 1.29 is 29.1 Å². The Hall–Kier alpha value is -3.56. The molecule has 2 heterocycles. The van der Waals surface area contributed by atoms with Crippen LogP contribution in [0.4, 0.5) is 11.4 Å². The highest BCUT2D eigenvalue weighted by atomic mass is 35.5. The highest BCUT2D eigenvalue weighted by Gasteiger charge is 2.57. The van der Waals surface area contributed by atoms with Gasteiger partial charge in [-0.15, -0.1) is 0 Å². The number of anilines is 2. The first kappa shape index (κ1) is 18.8. The molecule has 2 aromatic carbocycles. The molecule has 3 N–H and O–H groups in total. The van der Waals surface area contributed by atoms with Gasteiger partial charge in [0.2, 0.25) is 5.91 Å². The fourth-order valence-corrected chi connectivity index (χ4v) is 3.35. The minimum atomic E-state index is -1.68. The third-order valence-corrected chi connectivity index (χ3v) is 4.72. The SMILES string of the molecule is O=C(CN1C(=O)C2(OC=CO2)c2cc(Cl)ccc21)Nc1ccc(C(=O)NO)cc1. The van der Waals surface area contributed by atoms with Crippen LogP contribution in [0.15, 0.2) is 55.0 Å². The molecule has 1 spiro atoms. The quantitative estimate of drug-likeness (QED) is 0.520. The predicted molar refractivity (Wildman–Crippen MR) is 101 cm³/mol. The molecule has 2 aliphatic rings. The van der Waals surface area contributed by atoms with Crippen LogP contribution >= 0.6 is 11.6 Å². The normalized spacial score (nSPS) is 15.7. The Morgan fingerprint density at radius 1 is 1.10 bits per heavy atom. The smallest absolute Gasteiger partial charge is 0.361 e. The van der Waals surface area contributed by atoms with Crippen molar-refractivity contribution in [3.05, 3.63) is 71.1 Å². The maximum atomic E-state index is 13.0. The number of hydroxylamine groups is 1. The zero-order valence-electron chi connectivity index (χ0n) is 14.7. The fraction of sp³-hybridized carbons (Fsp3) is 0.105. The zero-order valence-corrected chi connectivity index (χ0v) is 15.5. The molecule has 0 aromatic heterocycles. The molecule has 0 radical (unpaired) electrons. The van der Waals surface area contributed by atoms with Gasteiger partial charge < -0.3 is 14.8 Å². The number of halogens is 1. The first-order chi connectivity index (χ1) is 13.9. The number of nitrogens with zero attached hydrogens (tertiary/aromatic N) is 1. The molecular weight excluding hydrogens is 402 g/mol. The summed E-state index contributed by atoms with van der Waals surface area (Å²) in [6.45, 7) is -0.291. The van der Waals surface area contributed by atoms with Gasteiger partial charge in [-0.25, -0.2) is 5.48 Å². The molecule has 2 aliphatic heterocycles. The van der Waals surface area contributed by atoms with Crippen LogP contribution in [0.3, 0.4) is 0 Å². The molecule has 9 nitrogen and oxygen atoms in total. The van der Waals surface area contributed by atoms with E-state index in [-0.39, 0.29) is 12.1 Å². The lowest BCUT2D eigenvalue weighted by Gasteiger charge is -2.22. The number of ether oxygens (including phenoxy) is 2. The Morgan fingerprint density at radius 3 is 2.45 bits per heavy atom. The second-order valence-corrected chi connectivity index (χ2v) is 6.68. The number of fused-ring (bicyclic) bond motifs is 2. The summed E-state index contributed by atoms with van der Waals surface area (Å²) in [5, 5.41) is 11.7. The van der Waals surface area contributed by atoms with Crippen molar-refractivity contribution in [3.63, 3.8) is 0 Å². The average Bonchev–Trinajstić information content (AvgIpc) is 3.29. The Morgan fingerprint density at radius 2 is 1.79 bits per heavy atom. The molecule has 0 fully saturated rings. The van der Waals surface area contributed by atoms with Crippen molar-refractivity contribution in [1.82, 2.24) is 5.48 Å². The van der Waals surface area contributed by atoms with E-state index in [9.17, 15) is 14.4 Å². The minimum absolute atomic E-state index is 0.219. The number of benzene rings is 2. The number of hydrogen-bond acceptors (Lipinski definition) is 6. The summed E-state index contributed by atoms with van der Waals surface area (Å²) in [7, 11) is 0. The van der Waals surface area contributed by atoms with Gasteiger partial charge in [0.25, 0.3) is 5.91 Å². The van der Waals surface area contributed by atoms with E-state index in [1.807, 2.05) is 0 Å². The zero-order chi connectivity index (χ0) is 20.6. The maximum Gasteiger partial charge on any atom is 0.361 e.